The number of benzene rings is 3. The molecule has 9 heteroatoms. The molecule has 9 nitrogen and oxygen atoms in total. The Kier molecular flexibility index (Phi) is 11.0. The third kappa shape index (κ3) is 9.87. The van der Waals surface area contributed by atoms with E-state index in [9.17, 15) is 24.3 Å². The minimum absolute atomic E-state index is 0.0363. The van der Waals surface area contributed by atoms with Crippen LogP contribution in [0, 0.1) is 0 Å². The normalized spacial score (nSPS) is 12.0. The van der Waals surface area contributed by atoms with Gasteiger partial charge in [-0.15, -0.1) is 0 Å². The number of rotatable bonds is 13. The van der Waals surface area contributed by atoms with Crippen molar-refractivity contribution < 1.29 is 43.2 Å². The number of aliphatic hydroxyl groups excluding tert-OH is 1. The second kappa shape index (κ2) is 14.9. The lowest BCUT2D eigenvalue weighted by Crippen LogP contribution is -2.34. The van der Waals surface area contributed by atoms with E-state index in [4.69, 9.17) is 18.9 Å². The van der Waals surface area contributed by atoms with Gasteiger partial charge in [0.1, 0.15) is 19.8 Å². The van der Waals surface area contributed by atoms with Gasteiger partial charge in [0.2, 0.25) is 6.10 Å². The summed E-state index contributed by atoms with van der Waals surface area (Å²) in [6.45, 7) is -0.236. The first-order valence-electron chi connectivity index (χ1n) is 11.9. The molecule has 0 fully saturated rings. The lowest BCUT2D eigenvalue weighted by Gasteiger charge is -2.17. The molecule has 0 aliphatic heterocycles. The van der Waals surface area contributed by atoms with E-state index in [1.807, 2.05) is 6.07 Å². The van der Waals surface area contributed by atoms with E-state index < -0.39 is 48.9 Å². The summed E-state index contributed by atoms with van der Waals surface area (Å²) >= 11 is 0. The second-order valence-electron chi connectivity index (χ2n) is 8.24. The Morgan fingerprint density at radius 2 is 0.974 bits per heavy atom. The highest BCUT2D eigenvalue weighted by Crippen LogP contribution is 2.12. The zero-order chi connectivity index (χ0) is 27.2. The number of hydrogen-bond donors (Lipinski definition) is 1. The van der Waals surface area contributed by atoms with Gasteiger partial charge in [-0.2, -0.15) is 0 Å². The Labute approximate surface area is 219 Å². The smallest absolute Gasteiger partial charge is 0.348 e. The SMILES string of the molecule is O=C(C[C@H](OC(=O)C[C@H](O)C(=O)OCc1ccccc1)C(=O)OCc1ccccc1)OCc1ccccc1. The van der Waals surface area contributed by atoms with E-state index in [0.717, 1.165) is 5.56 Å². The van der Waals surface area contributed by atoms with Crippen LogP contribution >= 0.6 is 0 Å². The molecular formula is C29H28O9. The van der Waals surface area contributed by atoms with Crippen molar-refractivity contribution in [3.63, 3.8) is 0 Å². The van der Waals surface area contributed by atoms with Gasteiger partial charge < -0.3 is 24.1 Å². The van der Waals surface area contributed by atoms with Gasteiger partial charge in [-0.3, -0.25) is 9.59 Å². The van der Waals surface area contributed by atoms with Crippen molar-refractivity contribution in [2.24, 2.45) is 0 Å². The zero-order valence-electron chi connectivity index (χ0n) is 20.6. The molecule has 0 aliphatic carbocycles. The van der Waals surface area contributed by atoms with Gasteiger partial charge >= 0.3 is 23.9 Å². The highest BCUT2D eigenvalue weighted by Gasteiger charge is 2.30. The molecule has 2 atom stereocenters. The summed E-state index contributed by atoms with van der Waals surface area (Å²) in [6, 6.07) is 26.5. The van der Waals surface area contributed by atoms with Crippen LogP contribution in [-0.4, -0.2) is 41.2 Å². The van der Waals surface area contributed by atoms with Crippen molar-refractivity contribution >= 4 is 23.9 Å². The Balaban J connectivity index is 1.55. The fourth-order valence-corrected chi connectivity index (χ4v) is 3.22. The first-order valence-corrected chi connectivity index (χ1v) is 11.9. The molecule has 3 aromatic carbocycles. The van der Waals surface area contributed by atoms with E-state index in [-0.39, 0.29) is 19.8 Å². The van der Waals surface area contributed by atoms with Crippen molar-refractivity contribution in [2.75, 3.05) is 0 Å². The van der Waals surface area contributed by atoms with Crippen LogP contribution in [-0.2, 0) is 57.9 Å². The van der Waals surface area contributed by atoms with Crippen LogP contribution in [0.2, 0.25) is 0 Å². The molecular weight excluding hydrogens is 492 g/mol. The molecule has 0 spiro atoms. The molecule has 0 saturated heterocycles. The Morgan fingerprint density at radius 1 is 0.553 bits per heavy atom. The van der Waals surface area contributed by atoms with Crippen LogP contribution in [0.15, 0.2) is 91.0 Å². The number of carbonyl (C=O) groups is 4. The summed E-state index contributed by atoms with van der Waals surface area (Å²) in [7, 11) is 0. The van der Waals surface area contributed by atoms with Crippen molar-refractivity contribution in [3.8, 4) is 0 Å². The lowest BCUT2D eigenvalue weighted by atomic mass is 10.2. The van der Waals surface area contributed by atoms with Gasteiger partial charge in [-0.05, 0) is 16.7 Å². The summed E-state index contributed by atoms with van der Waals surface area (Å²) in [5.74, 6) is -3.89. The molecule has 0 aromatic heterocycles. The quantitative estimate of drug-likeness (QED) is 0.267. The monoisotopic (exact) mass is 520 g/mol. The molecule has 1 N–H and O–H groups in total. The van der Waals surface area contributed by atoms with Crippen molar-refractivity contribution in [1.82, 2.24) is 0 Å². The second-order valence-corrected chi connectivity index (χ2v) is 8.24. The molecule has 0 heterocycles. The summed E-state index contributed by atoms with van der Waals surface area (Å²) in [5, 5.41) is 10.1. The van der Waals surface area contributed by atoms with Crippen molar-refractivity contribution in [1.29, 1.82) is 0 Å². The van der Waals surface area contributed by atoms with Gasteiger partial charge in [-0.1, -0.05) is 91.0 Å². The van der Waals surface area contributed by atoms with E-state index in [0.29, 0.717) is 11.1 Å². The van der Waals surface area contributed by atoms with Crippen LogP contribution in [0.25, 0.3) is 0 Å². The molecule has 0 saturated carbocycles. The largest absolute Gasteiger partial charge is 0.461 e. The summed E-state index contributed by atoms with van der Waals surface area (Å²) in [4.78, 5) is 49.6. The number of carbonyl (C=O) groups excluding carboxylic acids is 4. The molecule has 0 amide bonds. The van der Waals surface area contributed by atoms with Crippen molar-refractivity contribution in [3.05, 3.63) is 108 Å². The van der Waals surface area contributed by atoms with Crippen molar-refractivity contribution in [2.45, 2.75) is 44.9 Å². The van der Waals surface area contributed by atoms with Gasteiger partial charge in [0, 0.05) is 0 Å². The highest BCUT2D eigenvalue weighted by atomic mass is 16.6. The Hall–Kier alpha value is -4.50. The molecule has 0 aliphatic rings. The number of ether oxygens (including phenoxy) is 4. The zero-order valence-corrected chi connectivity index (χ0v) is 20.6. The van der Waals surface area contributed by atoms with E-state index in [1.54, 1.807) is 84.9 Å². The molecule has 38 heavy (non-hydrogen) atoms. The predicted octanol–water partition coefficient (Wildman–Crippen LogP) is 3.27. The standard InChI is InChI=1S/C29H28O9/c30-24(28(33)36-19-22-12-6-2-7-13-22)16-27(32)38-25(29(34)37-20-23-14-8-3-9-15-23)17-26(31)35-18-21-10-4-1-5-11-21/h1-15,24-25,30H,16-20H2/t24-,25-/m0/s1. The maximum atomic E-state index is 12.7. The number of esters is 4. The average molecular weight is 521 g/mol. The number of aliphatic hydroxyl groups is 1. The fourth-order valence-electron chi connectivity index (χ4n) is 3.22. The molecule has 3 aromatic rings. The summed E-state index contributed by atoms with van der Waals surface area (Å²) in [6.07, 6.45) is -4.85. The molecule has 3 rings (SSSR count). The maximum Gasteiger partial charge on any atom is 0.348 e. The van der Waals surface area contributed by atoms with Gasteiger partial charge in [0.05, 0.1) is 12.8 Å². The van der Waals surface area contributed by atoms with Crippen LogP contribution in [0.3, 0.4) is 0 Å². The van der Waals surface area contributed by atoms with E-state index >= 15 is 0 Å². The fraction of sp³-hybridized carbons (Fsp3) is 0.241. The summed E-state index contributed by atoms with van der Waals surface area (Å²) in [5.41, 5.74) is 2.12. The minimum atomic E-state index is -1.82. The topological polar surface area (TPSA) is 125 Å². The molecule has 0 unspecified atom stereocenters. The number of hydrogen-bond acceptors (Lipinski definition) is 9. The van der Waals surface area contributed by atoms with Gasteiger partial charge in [0.15, 0.2) is 6.10 Å². The van der Waals surface area contributed by atoms with Gasteiger partial charge in [0.25, 0.3) is 0 Å². The van der Waals surface area contributed by atoms with E-state index in [1.165, 1.54) is 0 Å². The van der Waals surface area contributed by atoms with Crippen LogP contribution in [0.5, 0.6) is 0 Å². The third-order valence-electron chi connectivity index (χ3n) is 5.21. The van der Waals surface area contributed by atoms with Gasteiger partial charge in [-0.25, -0.2) is 9.59 Å². The van der Waals surface area contributed by atoms with Crippen LogP contribution in [0.1, 0.15) is 29.5 Å². The maximum absolute atomic E-state index is 12.7. The lowest BCUT2D eigenvalue weighted by molar-refractivity contribution is -0.175. The Morgan fingerprint density at radius 3 is 1.45 bits per heavy atom. The average Bonchev–Trinajstić information content (AvgIpc) is 2.94. The molecule has 198 valence electrons. The molecule has 0 radical (unpaired) electrons. The predicted molar refractivity (Wildman–Crippen MR) is 134 cm³/mol. The third-order valence-corrected chi connectivity index (χ3v) is 5.21. The highest BCUT2D eigenvalue weighted by molar-refractivity contribution is 5.86. The van der Waals surface area contributed by atoms with E-state index in [2.05, 4.69) is 0 Å². The minimum Gasteiger partial charge on any atom is -0.461 e. The van der Waals surface area contributed by atoms with Crippen LogP contribution < -0.4 is 0 Å². The first kappa shape index (κ1) is 28.1. The molecule has 0 bridgehead atoms. The summed E-state index contributed by atoms with van der Waals surface area (Å²) < 4.78 is 20.5. The Bertz CT molecular complexity index is 1180. The van der Waals surface area contributed by atoms with Crippen LogP contribution in [0.4, 0.5) is 0 Å². The first-order chi connectivity index (χ1) is 18.4.